The van der Waals surface area contributed by atoms with Crippen LogP contribution in [0, 0.1) is 0 Å². The summed E-state index contributed by atoms with van der Waals surface area (Å²) in [5.74, 6) is -0.413. The Labute approximate surface area is 85.1 Å². The van der Waals surface area contributed by atoms with Gasteiger partial charge in [-0.1, -0.05) is 6.92 Å². The van der Waals surface area contributed by atoms with Crippen LogP contribution in [0.2, 0.25) is 0 Å². The highest BCUT2D eigenvalue weighted by Gasteiger charge is 2.01. The minimum Gasteiger partial charge on any atom is -0.479 e. The summed E-state index contributed by atoms with van der Waals surface area (Å²) in [6, 6.07) is 1.18. The monoisotopic (exact) mass is 213 g/mol. The summed E-state index contributed by atoms with van der Waals surface area (Å²) in [4.78, 5) is 32.2. The van der Waals surface area contributed by atoms with Crippen molar-refractivity contribution in [2.75, 3.05) is 12.1 Å². The van der Waals surface area contributed by atoms with E-state index in [9.17, 15) is 9.59 Å². The third kappa shape index (κ3) is 3.77. The summed E-state index contributed by atoms with van der Waals surface area (Å²) in [6.45, 7) is 1.33. The first-order valence-corrected chi connectivity index (χ1v) is 4.31. The summed E-state index contributed by atoms with van der Waals surface area (Å²) >= 11 is 0. The summed E-state index contributed by atoms with van der Waals surface area (Å²) in [6.07, 6.45) is 0.573. The molecule has 0 aliphatic rings. The predicted molar refractivity (Wildman–Crippen MR) is 51.4 cm³/mol. The molecule has 0 aromatic carbocycles. The van der Waals surface area contributed by atoms with E-state index in [-0.39, 0.29) is 11.4 Å². The normalized spacial score (nSPS) is 9.93. The number of rotatable bonds is 5. The molecule has 1 aromatic heterocycles. The molecule has 0 spiro atoms. The van der Waals surface area contributed by atoms with E-state index in [0.29, 0.717) is 12.2 Å². The molecule has 0 amide bonds. The van der Waals surface area contributed by atoms with Crippen LogP contribution in [0.3, 0.4) is 0 Å². The molecule has 0 saturated heterocycles. The van der Waals surface area contributed by atoms with E-state index in [1.807, 2.05) is 6.92 Å². The zero-order chi connectivity index (χ0) is 11.3. The van der Waals surface area contributed by atoms with Crippen molar-refractivity contribution in [1.29, 1.82) is 0 Å². The average Bonchev–Trinajstić information content (AvgIpc) is 2.16. The van der Waals surface area contributed by atoms with Crippen LogP contribution >= 0.6 is 0 Å². The number of nitrogens with zero attached hydrogens (tertiary/aromatic N) is 1. The van der Waals surface area contributed by atoms with Gasteiger partial charge in [0.1, 0.15) is 5.82 Å². The van der Waals surface area contributed by atoms with Crippen LogP contribution in [-0.2, 0) is 16.1 Å². The number of carboxylic acid groups (broad SMARTS) is 1. The molecule has 3 N–H and O–H groups in total. The zero-order valence-electron chi connectivity index (χ0n) is 8.11. The van der Waals surface area contributed by atoms with Crippen molar-refractivity contribution < 1.29 is 14.7 Å². The van der Waals surface area contributed by atoms with Gasteiger partial charge in [-0.05, 0) is 0 Å². The van der Waals surface area contributed by atoms with Crippen molar-refractivity contribution in [2.45, 2.75) is 13.3 Å². The number of H-pyrrole nitrogens is 1. The maximum absolute atomic E-state index is 11.1. The molecule has 0 bridgehead atoms. The highest BCUT2D eigenvalue weighted by molar-refractivity contribution is 5.68. The molecular formula is C8H11N3O4. The lowest BCUT2D eigenvalue weighted by Gasteiger charge is -2.04. The molecule has 0 radical (unpaired) electrons. The topological polar surface area (TPSA) is 104 Å². The van der Waals surface area contributed by atoms with Gasteiger partial charge in [0.25, 0.3) is 5.56 Å². The van der Waals surface area contributed by atoms with E-state index in [4.69, 9.17) is 5.11 Å². The van der Waals surface area contributed by atoms with E-state index in [1.165, 1.54) is 6.07 Å². The van der Waals surface area contributed by atoms with Crippen LogP contribution in [0.5, 0.6) is 0 Å². The highest BCUT2D eigenvalue weighted by Crippen LogP contribution is 1.98. The lowest BCUT2D eigenvalue weighted by Crippen LogP contribution is -2.16. The van der Waals surface area contributed by atoms with Gasteiger partial charge in [0.2, 0.25) is 0 Å². The van der Waals surface area contributed by atoms with Gasteiger partial charge < -0.3 is 10.1 Å². The van der Waals surface area contributed by atoms with Crippen LogP contribution in [0.25, 0.3) is 0 Å². The van der Waals surface area contributed by atoms with Crippen LogP contribution in [0.4, 0.5) is 5.82 Å². The van der Waals surface area contributed by atoms with Gasteiger partial charge in [-0.3, -0.25) is 9.63 Å². The molecule has 0 saturated carbocycles. The van der Waals surface area contributed by atoms with E-state index in [0.717, 1.165) is 0 Å². The van der Waals surface area contributed by atoms with Crippen LogP contribution < -0.4 is 11.0 Å². The standard InChI is InChI=1S/C8H11N3O4/c1-2-5-9-6(3-7(12)10-5)11-15-4-8(13)14/h3H,2,4H2,1H3,(H,13,14)(H2,9,10,11,12). The molecule has 1 rings (SSSR count). The van der Waals surface area contributed by atoms with Crippen molar-refractivity contribution in [3.8, 4) is 0 Å². The maximum atomic E-state index is 11.1. The average molecular weight is 213 g/mol. The van der Waals surface area contributed by atoms with E-state index in [2.05, 4.69) is 20.3 Å². The van der Waals surface area contributed by atoms with Gasteiger partial charge in [-0.2, -0.15) is 0 Å². The molecule has 15 heavy (non-hydrogen) atoms. The Morgan fingerprint density at radius 2 is 2.47 bits per heavy atom. The molecule has 0 aliphatic carbocycles. The number of hydrogen-bond donors (Lipinski definition) is 3. The minimum absolute atomic E-state index is 0.192. The van der Waals surface area contributed by atoms with Crippen molar-refractivity contribution in [3.63, 3.8) is 0 Å². The molecule has 82 valence electrons. The fourth-order valence-electron chi connectivity index (χ4n) is 0.900. The molecule has 0 atom stereocenters. The number of carbonyl (C=O) groups is 1. The Bertz CT molecular complexity index is 401. The Morgan fingerprint density at radius 3 is 3.07 bits per heavy atom. The summed E-state index contributed by atoms with van der Waals surface area (Å²) in [5.41, 5.74) is 1.96. The zero-order valence-corrected chi connectivity index (χ0v) is 8.11. The number of hydrogen-bond acceptors (Lipinski definition) is 5. The largest absolute Gasteiger partial charge is 0.479 e. The Hall–Kier alpha value is -1.89. The van der Waals surface area contributed by atoms with E-state index >= 15 is 0 Å². The van der Waals surface area contributed by atoms with Crippen molar-refractivity contribution in [3.05, 3.63) is 22.2 Å². The second-order valence-corrected chi connectivity index (χ2v) is 2.72. The number of anilines is 1. The minimum atomic E-state index is -1.11. The van der Waals surface area contributed by atoms with Gasteiger partial charge in [0.05, 0.1) is 0 Å². The third-order valence-electron chi connectivity index (χ3n) is 1.50. The molecule has 0 fully saturated rings. The van der Waals surface area contributed by atoms with Crippen molar-refractivity contribution >= 4 is 11.8 Å². The Kier molecular flexibility index (Phi) is 3.81. The van der Waals surface area contributed by atoms with Crippen LogP contribution in [0.15, 0.2) is 10.9 Å². The molecule has 1 heterocycles. The van der Waals surface area contributed by atoms with Gasteiger partial charge in [-0.15, -0.1) is 0 Å². The van der Waals surface area contributed by atoms with E-state index < -0.39 is 12.6 Å². The number of carboxylic acids is 1. The second kappa shape index (κ2) is 5.11. The number of aliphatic carboxylic acids is 1. The fraction of sp³-hybridized carbons (Fsp3) is 0.375. The first-order valence-electron chi connectivity index (χ1n) is 4.31. The highest BCUT2D eigenvalue weighted by atomic mass is 16.7. The number of aromatic nitrogens is 2. The Balaban J connectivity index is 2.64. The third-order valence-corrected chi connectivity index (χ3v) is 1.50. The molecule has 0 aliphatic heterocycles. The van der Waals surface area contributed by atoms with Gasteiger partial charge >= 0.3 is 5.97 Å². The summed E-state index contributed by atoms with van der Waals surface area (Å²) < 4.78 is 0. The van der Waals surface area contributed by atoms with Crippen molar-refractivity contribution in [1.82, 2.24) is 9.97 Å². The molecule has 0 unspecified atom stereocenters. The van der Waals surface area contributed by atoms with Gasteiger partial charge in [0.15, 0.2) is 12.4 Å². The number of nitrogens with one attached hydrogen (secondary N) is 2. The quantitative estimate of drug-likeness (QED) is 0.583. The predicted octanol–water partition coefficient (Wildman–Crippen LogP) is -0.240. The first kappa shape index (κ1) is 11.2. The summed E-state index contributed by atoms with van der Waals surface area (Å²) in [5, 5.41) is 8.29. The van der Waals surface area contributed by atoms with E-state index in [1.54, 1.807) is 0 Å². The molecular weight excluding hydrogens is 202 g/mol. The SMILES string of the molecule is CCc1nc(NOCC(=O)O)cc(=O)[nH]1. The maximum Gasteiger partial charge on any atom is 0.332 e. The first-order chi connectivity index (χ1) is 7.11. The lowest BCUT2D eigenvalue weighted by atomic mass is 10.4. The lowest BCUT2D eigenvalue weighted by molar-refractivity contribution is -0.141. The number of aryl methyl sites for hydroxylation is 1. The van der Waals surface area contributed by atoms with Gasteiger partial charge in [-0.25, -0.2) is 15.3 Å². The molecule has 7 nitrogen and oxygen atoms in total. The number of aromatic amines is 1. The molecule has 7 heteroatoms. The second-order valence-electron chi connectivity index (χ2n) is 2.72. The summed E-state index contributed by atoms with van der Waals surface area (Å²) in [7, 11) is 0. The smallest absolute Gasteiger partial charge is 0.332 e. The van der Waals surface area contributed by atoms with Crippen LogP contribution in [-0.4, -0.2) is 27.7 Å². The van der Waals surface area contributed by atoms with Gasteiger partial charge in [0, 0.05) is 12.5 Å². The van der Waals surface area contributed by atoms with Crippen LogP contribution in [0.1, 0.15) is 12.7 Å². The molecule has 1 aromatic rings. The fourth-order valence-corrected chi connectivity index (χ4v) is 0.900. The van der Waals surface area contributed by atoms with Crippen molar-refractivity contribution in [2.24, 2.45) is 0 Å². The Morgan fingerprint density at radius 1 is 1.73 bits per heavy atom.